The van der Waals surface area contributed by atoms with E-state index in [2.05, 4.69) is 20.2 Å². The fourth-order valence-corrected chi connectivity index (χ4v) is 2.30. The number of benzene rings is 1. The maximum Gasteiger partial charge on any atom is 0.259 e. The molecule has 0 saturated carbocycles. The number of H-pyrrole nitrogens is 2. The summed E-state index contributed by atoms with van der Waals surface area (Å²) in [7, 11) is 0. The Labute approximate surface area is 119 Å². The van der Waals surface area contributed by atoms with Crippen molar-refractivity contribution in [1.82, 2.24) is 20.2 Å². The molecule has 0 aliphatic rings. The maximum atomic E-state index is 12.1. The van der Waals surface area contributed by atoms with Crippen LogP contribution in [-0.4, -0.2) is 31.9 Å². The van der Waals surface area contributed by atoms with E-state index < -0.39 is 0 Å². The van der Waals surface area contributed by atoms with E-state index in [9.17, 15) is 4.79 Å². The Kier molecular flexibility index (Phi) is 3.41. The molecule has 0 saturated heterocycles. The van der Waals surface area contributed by atoms with Gasteiger partial charge in [0, 0.05) is 12.3 Å². The molecule has 0 atom stereocenters. The lowest BCUT2D eigenvalue weighted by molar-refractivity contribution is 0.288. The van der Waals surface area contributed by atoms with Crippen LogP contribution in [0.3, 0.4) is 0 Å². The minimum atomic E-state index is -0.218. The molecule has 2 heterocycles. The number of nitrogens with two attached hydrogens (primary N) is 1. The van der Waals surface area contributed by atoms with Crippen LogP contribution in [0.2, 0.25) is 0 Å². The predicted molar refractivity (Wildman–Crippen MR) is 79.8 cm³/mol. The van der Waals surface area contributed by atoms with Crippen LogP contribution in [0.5, 0.6) is 0 Å². The van der Waals surface area contributed by atoms with E-state index in [-0.39, 0.29) is 18.0 Å². The quantitative estimate of drug-likeness (QED) is 0.565. The van der Waals surface area contributed by atoms with E-state index in [4.69, 9.17) is 10.8 Å². The molecule has 0 aliphatic heterocycles. The second-order valence-electron chi connectivity index (χ2n) is 4.72. The third kappa shape index (κ3) is 2.38. The number of hydrogen-bond acceptors (Lipinski definition) is 5. The van der Waals surface area contributed by atoms with Gasteiger partial charge in [-0.25, -0.2) is 4.98 Å². The lowest BCUT2D eigenvalue weighted by atomic mass is 10.1. The Hall–Kier alpha value is -2.67. The van der Waals surface area contributed by atoms with Gasteiger partial charge in [0.05, 0.1) is 16.5 Å². The Bertz CT molecular complexity index is 837. The molecule has 0 radical (unpaired) electrons. The van der Waals surface area contributed by atoms with Gasteiger partial charge in [-0.2, -0.15) is 5.10 Å². The minimum Gasteiger partial charge on any atom is -0.396 e. The molecule has 0 spiro atoms. The molecular weight excluding hydrogens is 270 g/mol. The number of aliphatic hydroxyl groups excluding tert-OH is 1. The molecule has 0 aliphatic carbocycles. The predicted octanol–water partition coefficient (Wildman–Crippen LogP) is 0.820. The van der Waals surface area contributed by atoms with Gasteiger partial charge in [0.2, 0.25) is 0 Å². The number of aromatic amines is 2. The highest BCUT2D eigenvalue weighted by Gasteiger charge is 2.16. The lowest BCUT2D eigenvalue weighted by Gasteiger charge is -2.04. The highest BCUT2D eigenvalue weighted by atomic mass is 16.2. The Balaban J connectivity index is 2.16. The number of aliphatic hydroxyl groups is 1. The topological polar surface area (TPSA) is 121 Å². The molecule has 7 heteroatoms. The molecule has 0 bridgehead atoms. The largest absolute Gasteiger partial charge is 0.396 e. The zero-order chi connectivity index (χ0) is 14.8. The number of nitrogen functional groups attached to an aromatic ring is 1. The normalized spacial score (nSPS) is 11.1. The Morgan fingerprint density at radius 1 is 1.29 bits per heavy atom. The molecule has 3 aromatic rings. The third-order valence-corrected chi connectivity index (χ3v) is 3.30. The van der Waals surface area contributed by atoms with Crippen LogP contribution >= 0.6 is 0 Å². The van der Waals surface area contributed by atoms with Crippen molar-refractivity contribution in [2.24, 2.45) is 0 Å². The van der Waals surface area contributed by atoms with Crippen molar-refractivity contribution >= 4 is 16.7 Å². The molecule has 7 nitrogen and oxygen atoms in total. The standard InChI is InChI=1S/C14H15N5O2/c15-12-11(10(18-19-12)6-3-7-20)13-16-9-5-2-1-4-8(9)14(21)17-13/h1-2,4-5,20H,3,6-7H2,(H3,15,18,19)(H,16,17,21). The van der Waals surface area contributed by atoms with Crippen LogP contribution in [0.25, 0.3) is 22.3 Å². The summed E-state index contributed by atoms with van der Waals surface area (Å²) in [4.78, 5) is 19.3. The molecule has 1 aromatic carbocycles. The molecule has 0 amide bonds. The average Bonchev–Trinajstić information content (AvgIpc) is 2.86. The average molecular weight is 285 g/mol. The molecule has 2 aromatic heterocycles. The molecule has 108 valence electrons. The number of nitrogens with zero attached hydrogens (tertiary/aromatic N) is 2. The van der Waals surface area contributed by atoms with Crippen molar-refractivity contribution in [3.63, 3.8) is 0 Å². The number of aryl methyl sites for hydroxylation is 1. The maximum absolute atomic E-state index is 12.1. The van der Waals surface area contributed by atoms with Crippen LogP contribution in [0, 0.1) is 0 Å². The van der Waals surface area contributed by atoms with Gasteiger partial charge in [0.15, 0.2) is 5.82 Å². The van der Waals surface area contributed by atoms with Gasteiger partial charge in [-0.3, -0.25) is 9.89 Å². The van der Waals surface area contributed by atoms with Gasteiger partial charge in [-0.15, -0.1) is 0 Å². The summed E-state index contributed by atoms with van der Waals surface area (Å²) >= 11 is 0. The summed E-state index contributed by atoms with van der Waals surface area (Å²) in [5.74, 6) is 0.666. The second-order valence-corrected chi connectivity index (χ2v) is 4.72. The van der Waals surface area contributed by atoms with E-state index in [1.54, 1.807) is 18.2 Å². The van der Waals surface area contributed by atoms with E-state index in [0.29, 0.717) is 35.1 Å². The zero-order valence-corrected chi connectivity index (χ0v) is 11.3. The monoisotopic (exact) mass is 285 g/mol. The van der Waals surface area contributed by atoms with E-state index in [0.717, 1.165) is 5.69 Å². The summed E-state index contributed by atoms with van der Waals surface area (Å²) in [5.41, 5.74) is 7.60. The van der Waals surface area contributed by atoms with E-state index in [1.165, 1.54) is 0 Å². The smallest absolute Gasteiger partial charge is 0.259 e. The van der Waals surface area contributed by atoms with Crippen LogP contribution in [0.4, 0.5) is 5.82 Å². The van der Waals surface area contributed by atoms with Crippen molar-refractivity contribution in [1.29, 1.82) is 0 Å². The molecule has 0 fully saturated rings. The first-order valence-electron chi connectivity index (χ1n) is 6.63. The first-order chi connectivity index (χ1) is 10.2. The first kappa shape index (κ1) is 13.3. The summed E-state index contributed by atoms with van der Waals surface area (Å²) < 4.78 is 0. The minimum absolute atomic E-state index is 0.0695. The number of rotatable bonds is 4. The number of aromatic nitrogens is 4. The molecular formula is C14H15N5O2. The summed E-state index contributed by atoms with van der Waals surface area (Å²) in [6.45, 7) is 0.0695. The summed E-state index contributed by atoms with van der Waals surface area (Å²) in [6.07, 6.45) is 1.15. The summed E-state index contributed by atoms with van der Waals surface area (Å²) in [6, 6.07) is 7.11. The van der Waals surface area contributed by atoms with Crippen LogP contribution in [0.15, 0.2) is 29.1 Å². The Morgan fingerprint density at radius 2 is 2.10 bits per heavy atom. The number of nitrogens with one attached hydrogen (secondary N) is 2. The first-order valence-corrected chi connectivity index (χ1v) is 6.63. The van der Waals surface area contributed by atoms with Gasteiger partial charge in [0.1, 0.15) is 5.82 Å². The van der Waals surface area contributed by atoms with Crippen molar-refractivity contribution < 1.29 is 5.11 Å². The fourth-order valence-electron chi connectivity index (χ4n) is 2.30. The lowest BCUT2D eigenvalue weighted by Crippen LogP contribution is -2.10. The van der Waals surface area contributed by atoms with Crippen LogP contribution < -0.4 is 11.3 Å². The molecule has 21 heavy (non-hydrogen) atoms. The van der Waals surface area contributed by atoms with Gasteiger partial charge in [0.25, 0.3) is 5.56 Å². The molecule has 3 rings (SSSR count). The van der Waals surface area contributed by atoms with Gasteiger partial charge < -0.3 is 15.8 Å². The fraction of sp³-hybridized carbons (Fsp3) is 0.214. The highest BCUT2D eigenvalue weighted by molar-refractivity contribution is 5.81. The van der Waals surface area contributed by atoms with Crippen molar-refractivity contribution in [3.8, 4) is 11.4 Å². The van der Waals surface area contributed by atoms with Crippen LogP contribution in [-0.2, 0) is 6.42 Å². The molecule has 0 unspecified atom stereocenters. The van der Waals surface area contributed by atoms with E-state index >= 15 is 0 Å². The second kappa shape index (κ2) is 5.37. The van der Waals surface area contributed by atoms with Gasteiger partial charge in [-0.1, -0.05) is 12.1 Å². The van der Waals surface area contributed by atoms with Crippen LogP contribution in [0.1, 0.15) is 12.1 Å². The molecule has 5 N–H and O–H groups in total. The third-order valence-electron chi connectivity index (χ3n) is 3.30. The van der Waals surface area contributed by atoms with Gasteiger partial charge in [-0.05, 0) is 25.0 Å². The van der Waals surface area contributed by atoms with Crippen molar-refractivity contribution in [2.75, 3.05) is 12.3 Å². The SMILES string of the molecule is Nc1n[nH]c(CCCO)c1-c1nc2ccccc2c(=O)[nH]1. The zero-order valence-electron chi connectivity index (χ0n) is 11.3. The number of hydrogen-bond donors (Lipinski definition) is 4. The highest BCUT2D eigenvalue weighted by Crippen LogP contribution is 2.25. The van der Waals surface area contributed by atoms with Gasteiger partial charge >= 0.3 is 0 Å². The number of anilines is 1. The number of para-hydroxylation sites is 1. The Morgan fingerprint density at radius 3 is 2.90 bits per heavy atom. The summed E-state index contributed by atoms with van der Waals surface area (Å²) in [5, 5.41) is 16.3. The van der Waals surface area contributed by atoms with E-state index in [1.807, 2.05) is 6.07 Å². The van der Waals surface area contributed by atoms with Crippen molar-refractivity contribution in [2.45, 2.75) is 12.8 Å². The number of fused-ring (bicyclic) bond motifs is 1. The van der Waals surface area contributed by atoms with Crippen molar-refractivity contribution in [3.05, 3.63) is 40.3 Å².